The van der Waals surface area contributed by atoms with Crippen LogP contribution in [0.5, 0.6) is 5.75 Å². The smallest absolute Gasteiger partial charge is 0.279 e. The number of anilines is 1. The minimum Gasteiger partial charge on any atom is -0.497 e. The summed E-state index contributed by atoms with van der Waals surface area (Å²) in [4.78, 5) is 37.5. The average molecular weight is 459 g/mol. The van der Waals surface area contributed by atoms with Gasteiger partial charge in [-0.1, -0.05) is 36.4 Å². The number of carbonyl (C=O) groups is 2. The number of rotatable bonds is 8. The number of hydrogen-bond donors (Lipinski definition) is 1. The van der Waals surface area contributed by atoms with Crippen molar-refractivity contribution in [2.24, 2.45) is 0 Å². The second-order valence-electron chi connectivity index (χ2n) is 7.09. The molecule has 2 aromatic carbocycles. The van der Waals surface area contributed by atoms with Crippen molar-refractivity contribution < 1.29 is 14.3 Å². The van der Waals surface area contributed by atoms with Gasteiger partial charge in [0.05, 0.1) is 13.3 Å². The molecular formula is C25H22N4O3S. The van der Waals surface area contributed by atoms with Crippen LogP contribution in [-0.2, 0) is 11.3 Å². The molecule has 166 valence electrons. The first-order valence-electron chi connectivity index (χ1n) is 10.3. The number of amides is 2. The summed E-state index contributed by atoms with van der Waals surface area (Å²) in [6.45, 7) is 0.345. The van der Waals surface area contributed by atoms with Crippen molar-refractivity contribution in [2.45, 2.75) is 12.6 Å². The fourth-order valence-corrected chi connectivity index (χ4v) is 4.17. The van der Waals surface area contributed by atoms with E-state index in [1.807, 2.05) is 47.8 Å². The highest BCUT2D eigenvalue weighted by atomic mass is 32.1. The molecule has 0 spiro atoms. The Hall–Kier alpha value is -4.04. The van der Waals surface area contributed by atoms with Crippen LogP contribution >= 0.6 is 11.3 Å². The Morgan fingerprint density at radius 1 is 1.03 bits per heavy atom. The Labute approximate surface area is 195 Å². The third-order valence-corrected chi connectivity index (χ3v) is 5.91. The number of nitrogens with zero attached hydrogens (tertiary/aromatic N) is 3. The maximum absolute atomic E-state index is 13.6. The molecule has 33 heavy (non-hydrogen) atoms. The van der Waals surface area contributed by atoms with Crippen LogP contribution in [0.4, 0.5) is 5.69 Å². The van der Waals surface area contributed by atoms with Gasteiger partial charge < -0.3 is 10.1 Å². The highest BCUT2D eigenvalue weighted by molar-refractivity contribution is 7.10. The van der Waals surface area contributed by atoms with Crippen LogP contribution in [0.2, 0.25) is 0 Å². The van der Waals surface area contributed by atoms with E-state index in [1.54, 1.807) is 31.4 Å². The first kappa shape index (κ1) is 22.2. The Morgan fingerprint density at radius 2 is 1.82 bits per heavy atom. The van der Waals surface area contributed by atoms with Gasteiger partial charge in [-0.25, -0.2) is 4.98 Å². The molecule has 0 aliphatic carbocycles. The van der Waals surface area contributed by atoms with Gasteiger partial charge in [-0.05, 0) is 41.3 Å². The van der Waals surface area contributed by atoms with Gasteiger partial charge in [-0.3, -0.25) is 19.5 Å². The number of carbonyl (C=O) groups excluding carboxylic acids is 2. The van der Waals surface area contributed by atoms with E-state index in [1.165, 1.54) is 34.8 Å². The maximum Gasteiger partial charge on any atom is 0.279 e. The third-order valence-electron chi connectivity index (χ3n) is 4.98. The second-order valence-corrected chi connectivity index (χ2v) is 8.06. The predicted molar refractivity (Wildman–Crippen MR) is 127 cm³/mol. The van der Waals surface area contributed by atoms with E-state index >= 15 is 0 Å². The molecular weight excluding hydrogens is 436 g/mol. The lowest BCUT2D eigenvalue weighted by Gasteiger charge is -2.30. The molecule has 0 radical (unpaired) electrons. The second kappa shape index (κ2) is 10.5. The summed E-state index contributed by atoms with van der Waals surface area (Å²) in [5.74, 6) is -0.0808. The van der Waals surface area contributed by atoms with E-state index in [9.17, 15) is 9.59 Å². The van der Waals surface area contributed by atoms with Crippen LogP contribution in [0.25, 0.3) is 0 Å². The van der Waals surface area contributed by atoms with Gasteiger partial charge in [0.25, 0.3) is 5.91 Å². The fraction of sp³-hybridized carbons (Fsp3) is 0.120. The largest absolute Gasteiger partial charge is 0.497 e. The van der Waals surface area contributed by atoms with Crippen LogP contribution < -0.4 is 15.0 Å². The number of hydrogen-bond acceptors (Lipinski definition) is 6. The summed E-state index contributed by atoms with van der Waals surface area (Å²) in [5, 5.41) is 4.86. The standard InChI is InChI=1S/C25H22N4O3S/c1-32-20-11-9-19(10-12-20)29(25(31)21-17-26-13-14-27-21)23(22-8-5-15-33-22)24(30)28-16-18-6-3-2-4-7-18/h2-15,17,23H,16H2,1H3,(H,28,30)/t23-/m1/s1. The van der Waals surface area contributed by atoms with Crippen molar-refractivity contribution in [3.8, 4) is 5.75 Å². The third kappa shape index (κ3) is 5.24. The van der Waals surface area contributed by atoms with Crippen molar-refractivity contribution in [1.82, 2.24) is 15.3 Å². The Bertz CT molecular complexity index is 1180. The van der Waals surface area contributed by atoms with E-state index < -0.39 is 11.9 Å². The lowest BCUT2D eigenvalue weighted by atomic mass is 10.1. The zero-order valence-corrected chi connectivity index (χ0v) is 18.7. The first-order valence-corrected chi connectivity index (χ1v) is 11.1. The quantitative estimate of drug-likeness (QED) is 0.427. The molecule has 8 heteroatoms. The van der Waals surface area contributed by atoms with Crippen molar-refractivity contribution in [3.05, 3.63) is 107 Å². The van der Waals surface area contributed by atoms with E-state index in [0.717, 1.165) is 10.4 Å². The number of thiophene rings is 1. The summed E-state index contributed by atoms with van der Waals surface area (Å²) in [5.41, 5.74) is 1.65. The average Bonchev–Trinajstić information content (AvgIpc) is 3.41. The molecule has 0 saturated heterocycles. The first-order chi connectivity index (χ1) is 16.2. The zero-order chi connectivity index (χ0) is 23.0. The molecule has 2 aromatic heterocycles. The van der Waals surface area contributed by atoms with Crippen LogP contribution in [0.1, 0.15) is 27.0 Å². The summed E-state index contributed by atoms with van der Waals surface area (Å²) in [6.07, 6.45) is 4.35. The van der Waals surface area contributed by atoms with Crippen LogP contribution in [-0.4, -0.2) is 28.9 Å². The Morgan fingerprint density at radius 3 is 2.45 bits per heavy atom. The molecule has 1 N–H and O–H groups in total. The molecule has 0 fully saturated rings. The highest BCUT2D eigenvalue weighted by Gasteiger charge is 2.34. The SMILES string of the molecule is COc1ccc(N(C(=O)c2cnccn2)[C@@H](C(=O)NCc2ccccc2)c2cccs2)cc1. The number of ether oxygens (including phenoxy) is 1. The van der Waals surface area contributed by atoms with E-state index in [0.29, 0.717) is 18.0 Å². The molecule has 4 rings (SSSR count). The Kier molecular flexibility index (Phi) is 7.06. The van der Waals surface area contributed by atoms with Crippen LogP contribution in [0.15, 0.2) is 90.7 Å². The highest BCUT2D eigenvalue weighted by Crippen LogP contribution is 2.32. The summed E-state index contributed by atoms with van der Waals surface area (Å²) < 4.78 is 5.26. The summed E-state index contributed by atoms with van der Waals surface area (Å²) in [7, 11) is 1.57. The monoisotopic (exact) mass is 458 g/mol. The van der Waals surface area contributed by atoms with Crippen molar-refractivity contribution in [3.63, 3.8) is 0 Å². The molecule has 0 saturated carbocycles. The van der Waals surface area contributed by atoms with Gasteiger partial charge in [0.15, 0.2) is 6.04 Å². The van der Waals surface area contributed by atoms with Crippen molar-refractivity contribution in [1.29, 1.82) is 0 Å². The van der Waals surface area contributed by atoms with E-state index in [-0.39, 0.29) is 11.6 Å². The summed E-state index contributed by atoms with van der Waals surface area (Å²) >= 11 is 1.41. The fourth-order valence-electron chi connectivity index (χ4n) is 3.36. The molecule has 7 nitrogen and oxygen atoms in total. The lowest BCUT2D eigenvalue weighted by molar-refractivity contribution is -0.122. The molecule has 0 bridgehead atoms. The molecule has 2 heterocycles. The zero-order valence-electron chi connectivity index (χ0n) is 17.9. The molecule has 1 atom stereocenters. The van der Waals surface area contributed by atoms with Gasteiger partial charge in [0, 0.05) is 29.5 Å². The maximum atomic E-state index is 13.6. The topological polar surface area (TPSA) is 84.4 Å². The predicted octanol–water partition coefficient (Wildman–Crippen LogP) is 4.25. The van der Waals surface area contributed by atoms with Crippen LogP contribution in [0.3, 0.4) is 0 Å². The van der Waals surface area contributed by atoms with Gasteiger partial charge in [-0.15, -0.1) is 11.3 Å². The molecule has 2 amide bonds. The lowest BCUT2D eigenvalue weighted by Crippen LogP contribution is -2.43. The van der Waals surface area contributed by atoms with Crippen molar-refractivity contribution in [2.75, 3.05) is 12.0 Å². The number of nitrogens with one attached hydrogen (secondary N) is 1. The Balaban J connectivity index is 1.73. The summed E-state index contributed by atoms with van der Waals surface area (Å²) in [6, 6.07) is 19.4. The molecule has 0 aliphatic rings. The van der Waals surface area contributed by atoms with E-state index in [4.69, 9.17) is 4.74 Å². The molecule has 0 aliphatic heterocycles. The van der Waals surface area contributed by atoms with Gasteiger partial charge in [0.2, 0.25) is 5.91 Å². The minimum atomic E-state index is -0.892. The van der Waals surface area contributed by atoms with Crippen molar-refractivity contribution >= 4 is 28.8 Å². The van der Waals surface area contributed by atoms with Gasteiger partial charge in [-0.2, -0.15) is 0 Å². The van der Waals surface area contributed by atoms with E-state index in [2.05, 4.69) is 15.3 Å². The number of aromatic nitrogens is 2. The minimum absolute atomic E-state index is 0.144. The number of benzene rings is 2. The molecule has 0 unspecified atom stereocenters. The molecule has 4 aromatic rings. The normalized spacial score (nSPS) is 11.4. The van der Waals surface area contributed by atoms with Gasteiger partial charge in [0.1, 0.15) is 11.4 Å². The van der Waals surface area contributed by atoms with Gasteiger partial charge >= 0.3 is 0 Å². The number of methoxy groups -OCH3 is 1. The van der Waals surface area contributed by atoms with Crippen LogP contribution in [0, 0.1) is 0 Å².